The highest BCUT2D eigenvalue weighted by Crippen LogP contribution is 2.22. The molecule has 32 heavy (non-hydrogen) atoms. The van der Waals surface area contributed by atoms with E-state index in [9.17, 15) is 9.18 Å². The molecule has 0 spiro atoms. The lowest BCUT2D eigenvalue weighted by atomic mass is 9.97. The summed E-state index contributed by atoms with van der Waals surface area (Å²) >= 11 is 0. The Morgan fingerprint density at radius 2 is 1.56 bits per heavy atom. The number of carbonyl (C=O) groups excluding carboxylic acids is 1. The molecule has 4 rings (SSSR count). The number of piperidine rings is 1. The Kier molecular flexibility index (Phi) is 10.8. The summed E-state index contributed by atoms with van der Waals surface area (Å²) in [6.07, 6.45) is 5.02. The second kappa shape index (κ2) is 13.0. The van der Waals surface area contributed by atoms with Gasteiger partial charge in [-0.3, -0.25) is 9.69 Å². The van der Waals surface area contributed by atoms with Gasteiger partial charge in [-0.1, -0.05) is 30.3 Å². The SMILES string of the molecule is Cl.Cl.O=C(Cc1ccccc1)N1CCCCC1CCN1CCN(c2ccc(F)cc2)CC1. The molecular formula is C25H34Cl2FN3O. The summed E-state index contributed by atoms with van der Waals surface area (Å²) in [5, 5.41) is 0. The first-order chi connectivity index (χ1) is 14.7. The minimum Gasteiger partial charge on any atom is -0.369 e. The summed E-state index contributed by atoms with van der Waals surface area (Å²) < 4.78 is 13.1. The molecule has 2 heterocycles. The lowest BCUT2D eigenvalue weighted by molar-refractivity contribution is -0.134. The molecule has 0 radical (unpaired) electrons. The molecule has 2 aliphatic rings. The molecular weight excluding hydrogens is 448 g/mol. The molecule has 2 aliphatic heterocycles. The smallest absolute Gasteiger partial charge is 0.227 e. The molecule has 7 heteroatoms. The highest BCUT2D eigenvalue weighted by Gasteiger charge is 2.27. The van der Waals surface area contributed by atoms with Crippen molar-refractivity contribution < 1.29 is 9.18 Å². The van der Waals surface area contributed by atoms with Crippen LogP contribution in [0.25, 0.3) is 0 Å². The van der Waals surface area contributed by atoms with Gasteiger partial charge in [-0.15, -0.1) is 24.8 Å². The van der Waals surface area contributed by atoms with E-state index < -0.39 is 0 Å². The number of carbonyl (C=O) groups is 1. The Balaban J connectivity index is 0.00000181. The summed E-state index contributed by atoms with van der Waals surface area (Å²) in [6, 6.07) is 17.2. The van der Waals surface area contributed by atoms with Crippen molar-refractivity contribution >= 4 is 36.4 Å². The van der Waals surface area contributed by atoms with E-state index in [1.54, 1.807) is 0 Å². The Morgan fingerprint density at radius 3 is 2.25 bits per heavy atom. The maximum atomic E-state index is 13.1. The van der Waals surface area contributed by atoms with Crippen molar-refractivity contribution in [3.05, 3.63) is 66.0 Å². The molecule has 1 unspecified atom stereocenters. The first-order valence-electron chi connectivity index (χ1n) is 11.3. The second-order valence-corrected chi connectivity index (χ2v) is 8.49. The van der Waals surface area contributed by atoms with E-state index in [2.05, 4.69) is 14.7 Å². The molecule has 1 atom stereocenters. The summed E-state index contributed by atoms with van der Waals surface area (Å²) in [5.41, 5.74) is 2.20. The molecule has 0 aliphatic carbocycles. The van der Waals surface area contributed by atoms with Crippen LogP contribution in [-0.2, 0) is 11.2 Å². The fourth-order valence-electron chi connectivity index (χ4n) is 4.71. The fraction of sp³-hybridized carbons (Fsp3) is 0.480. The molecule has 2 aromatic rings. The summed E-state index contributed by atoms with van der Waals surface area (Å²) in [5.74, 6) is 0.0864. The van der Waals surface area contributed by atoms with Crippen molar-refractivity contribution in [2.75, 3.05) is 44.2 Å². The molecule has 176 valence electrons. The van der Waals surface area contributed by atoms with Crippen LogP contribution >= 0.6 is 24.8 Å². The quantitative estimate of drug-likeness (QED) is 0.592. The van der Waals surface area contributed by atoms with E-state index in [1.165, 1.54) is 18.6 Å². The van der Waals surface area contributed by atoms with E-state index in [4.69, 9.17) is 0 Å². The zero-order chi connectivity index (χ0) is 20.8. The number of amides is 1. The van der Waals surface area contributed by atoms with Crippen LogP contribution in [0, 0.1) is 5.82 Å². The van der Waals surface area contributed by atoms with Crippen molar-refractivity contribution in [2.24, 2.45) is 0 Å². The topological polar surface area (TPSA) is 26.8 Å². The highest BCUT2D eigenvalue weighted by molar-refractivity contribution is 5.85. The second-order valence-electron chi connectivity index (χ2n) is 8.49. The summed E-state index contributed by atoms with van der Waals surface area (Å²) in [6.45, 7) is 5.90. The minimum atomic E-state index is -0.184. The summed E-state index contributed by atoms with van der Waals surface area (Å²) in [7, 11) is 0. The van der Waals surface area contributed by atoms with Gasteiger partial charge in [0, 0.05) is 51.0 Å². The normalized spacial score (nSPS) is 19.1. The highest BCUT2D eigenvalue weighted by atomic mass is 35.5. The molecule has 4 nitrogen and oxygen atoms in total. The van der Waals surface area contributed by atoms with Gasteiger partial charge in [0.25, 0.3) is 0 Å². The fourth-order valence-corrected chi connectivity index (χ4v) is 4.71. The Hall–Kier alpha value is -1.82. The van der Waals surface area contributed by atoms with Crippen molar-refractivity contribution in [2.45, 2.75) is 38.1 Å². The number of rotatable bonds is 6. The van der Waals surface area contributed by atoms with Crippen molar-refractivity contribution in [3.63, 3.8) is 0 Å². The van der Waals surface area contributed by atoms with Gasteiger partial charge in [-0.05, 0) is 55.5 Å². The van der Waals surface area contributed by atoms with Gasteiger partial charge in [0.2, 0.25) is 5.91 Å². The number of hydrogen-bond donors (Lipinski definition) is 0. The van der Waals surface area contributed by atoms with Crippen molar-refractivity contribution in [1.29, 1.82) is 0 Å². The molecule has 2 fully saturated rings. The predicted octanol–water partition coefficient (Wildman–Crippen LogP) is 4.81. The van der Waals surface area contributed by atoms with E-state index in [0.717, 1.165) is 69.8 Å². The first kappa shape index (κ1) is 26.4. The maximum absolute atomic E-state index is 13.1. The standard InChI is InChI=1S/C25H32FN3O.2ClH/c26-22-9-11-23(12-10-22)28-18-16-27(17-19-28)15-13-24-8-4-5-14-29(24)25(30)20-21-6-2-1-3-7-21;;/h1-3,6-7,9-12,24H,4-5,8,13-20H2;2*1H. The Morgan fingerprint density at radius 1 is 0.875 bits per heavy atom. The van der Waals surface area contributed by atoms with Crippen molar-refractivity contribution in [1.82, 2.24) is 9.80 Å². The number of benzene rings is 2. The lowest BCUT2D eigenvalue weighted by Crippen LogP contribution is -2.49. The van der Waals surface area contributed by atoms with E-state index in [-0.39, 0.29) is 36.5 Å². The maximum Gasteiger partial charge on any atom is 0.227 e. The zero-order valence-corrected chi connectivity index (χ0v) is 20.1. The molecule has 0 bridgehead atoms. The van der Waals surface area contributed by atoms with Gasteiger partial charge in [-0.2, -0.15) is 0 Å². The van der Waals surface area contributed by atoms with Crippen LogP contribution in [0.15, 0.2) is 54.6 Å². The molecule has 1 amide bonds. The number of likely N-dealkylation sites (tertiary alicyclic amines) is 1. The Labute approximate surface area is 203 Å². The van der Waals surface area contributed by atoms with Gasteiger partial charge >= 0.3 is 0 Å². The summed E-state index contributed by atoms with van der Waals surface area (Å²) in [4.78, 5) is 19.9. The van der Waals surface area contributed by atoms with Crippen molar-refractivity contribution in [3.8, 4) is 0 Å². The molecule has 0 saturated carbocycles. The molecule has 2 aromatic carbocycles. The number of piperazine rings is 1. The average Bonchev–Trinajstić information content (AvgIpc) is 2.79. The van der Waals surface area contributed by atoms with Crippen LogP contribution in [0.5, 0.6) is 0 Å². The third kappa shape index (κ3) is 7.09. The van der Waals surface area contributed by atoms with E-state index in [1.807, 2.05) is 42.5 Å². The van der Waals surface area contributed by atoms with Crippen LogP contribution in [-0.4, -0.2) is 61.0 Å². The lowest BCUT2D eigenvalue weighted by Gasteiger charge is -2.39. The monoisotopic (exact) mass is 481 g/mol. The Bertz CT molecular complexity index is 814. The average molecular weight is 482 g/mol. The number of anilines is 1. The molecule has 2 saturated heterocycles. The van der Waals surface area contributed by atoms with Crippen LogP contribution in [0.2, 0.25) is 0 Å². The van der Waals surface area contributed by atoms with Crippen LogP contribution in [0.1, 0.15) is 31.2 Å². The molecule has 0 aromatic heterocycles. The van der Waals surface area contributed by atoms with Gasteiger partial charge in [0.15, 0.2) is 0 Å². The van der Waals surface area contributed by atoms with Crippen LogP contribution < -0.4 is 4.90 Å². The number of nitrogens with zero attached hydrogens (tertiary/aromatic N) is 3. The van der Waals surface area contributed by atoms with E-state index in [0.29, 0.717) is 12.5 Å². The van der Waals surface area contributed by atoms with Crippen LogP contribution in [0.3, 0.4) is 0 Å². The number of hydrogen-bond acceptors (Lipinski definition) is 3. The molecule has 0 N–H and O–H groups in total. The van der Waals surface area contributed by atoms with Gasteiger partial charge in [0.05, 0.1) is 6.42 Å². The predicted molar refractivity (Wildman–Crippen MR) is 134 cm³/mol. The van der Waals surface area contributed by atoms with Gasteiger partial charge < -0.3 is 9.80 Å². The van der Waals surface area contributed by atoms with E-state index >= 15 is 0 Å². The zero-order valence-electron chi connectivity index (χ0n) is 18.5. The third-order valence-corrected chi connectivity index (χ3v) is 6.49. The largest absolute Gasteiger partial charge is 0.369 e. The first-order valence-corrected chi connectivity index (χ1v) is 11.3. The van der Waals surface area contributed by atoms with Crippen LogP contribution in [0.4, 0.5) is 10.1 Å². The third-order valence-electron chi connectivity index (χ3n) is 6.49. The van der Waals surface area contributed by atoms with Gasteiger partial charge in [-0.25, -0.2) is 4.39 Å². The minimum absolute atomic E-state index is 0. The number of halogens is 3. The van der Waals surface area contributed by atoms with Gasteiger partial charge in [0.1, 0.15) is 5.82 Å².